The molecule has 5 heteroatoms. The van der Waals surface area contributed by atoms with Crippen molar-refractivity contribution in [1.29, 1.82) is 0 Å². The molecule has 0 saturated carbocycles. The molecule has 2 aliphatic heterocycles. The van der Waals surface area contributed by atoms with E-state index in [0.29, 0.717) is 19.3 Å². The molecular weight excluding hydrogens is 304 g/mol. The molecule has 0 unspecified atom stereocenters. The van der Waals surface area contributed by atoms with Crippen LogP contribution in [0, 0.1) is 0 Å². The first-order valence-corrected chi connectivity index (χ1v) is 8.53. The van der Waals surface area contributed by atoms with Gasteiger partial charge >= 0.3 is 0 Å². The monoisotopic (exact) mass is 326 g/mol. The third kappa shape index (κ3) is 3.37. The first-order chi connectivity index (χ1) is 11.9. The quantitative estimate of drug-likeness (QED) is 0.936. The number of nitrogens with one attached hydrogen (secondary N) is 1. The summed E-state index contributed by atoms with van der Waals surface area (Å²) in [5.41, 5.74) is 2.38. The first-order valence-electron chi connectivity index (χ1n) is 8.53. The van der Waals surface area contributed by atoms with Crippen LogP contribution in [-0.4, -0.2) is 30.8 Å². The molecule has 1 saturated heterocycles. The minimum atomic E-state index is 0.0824. The van der Waals surface area contributed by atoms with Crippen LogP contribution in [0.1, 0.15) is 30.1 Å². The molecule has 0 spiro atoms. The highest BCUT2D eigenvalue weighted by Gasteiger charge is 2.27. The van der Waals surface area contributed by atoms with Crippen LogP contribution >= 0.6 is 0 Å². The van der Waals surface area contributed by atoms with Crippen molar-refractivity contribution in [2.75, 3.05) is 19.8 Å². The van der Waals surface area contributed by atoms with Crippen molar-refractivity contribution < 1.29 is 14.2 Å². The summed E-state index contributed by atoms with van der Waals surface area (Å²) in [6.07, 6.45) is 5.92. The summed E-state index contributed by atoms with van der Waals surface area (Å²) in [7, 11) is 0. The van der Waals surface area contributed by atoms with E-state index in [2.05, 4.69) is 22.4 Å². The molecule has 0 amide bonds. The highest BCUT2D eigenvalue weighted by molar-refractivity contribution is 5.43. The Balaban J connectivity index is 1.44. The summed E-state index contributed by atoms with van der Waals surface area (Å²) in [6.45, 7) is 2.84. The van der Waals surface area contributed by atoms with Crippen LogP contribution < -0.4 is 14.8 Å². The predicted octanol–water partition coefficient (Wildman–Crippen LogP) is 2.86. The van der Waals surface area contributed by atoms with Gasteiger partial charge in [0.1, 0.15) is 13.2 Å². The largest absolute Gasteiger partial charge is 0.486 e. The Bertz CT molecular complexity index is 678. The molecule has 2 aromatic rings. The molecular formula is C19H22N2O3. The van der Waals surface area contributed by atoms with Crippen LogP contribution in [0.25, 0.3) is 0 Å². The molecule has 4 rings (SSSR count). The van der Waals surface area contributed by atoms with Crippen LogP contribution in [0.2, 0.25) is 0 Å². The molecule has 5 nitrogen and oxygen atoms in total. The van der Waals surface area contributed by atoms with Crippen LogP contribution in [-0.2, 0) is 11.3 Å². The smallest absolute Gasteiger partial charge is 0.161 e. The van der Waals surface area contributed by atoms with Crippen molar-refractivity contribution in [2.24, 2.45) is 0 Å². The maximum atomic E-state index is 6.02. The SMILES string of the molecule is c1cc([C@H]2OCCC[C@@H]2NCc2ccc3c(c2)OCCO3)ccn1. The second-order valence-electron chi connectivity index (χ2n) is 6.18. The minimum absolute atomic E-state index is 0.0824. The van der Waals surface area contributed by atoms with Crippen molar-refractivity contribution in [3.05, 3.63) is 53.9 Å². The van der Waals surface area contributed by atoms with Crippen molar-refractivity contribution >= 4 is 0 Å². The molecule has 0 radical (unpaired) electrons. The van der Waals surface area contributed by atoms with Crippen LogP contribution in [0.3, 0.4) is 0 Å². The average Bonchev–Trinajstić information content (AvgIpc) is 2.67. The number of aromatic nitrogens is 1. The third-order valence-electron chi connectivity index (χ3n) is 4.53. The molecule has 24 heavy (non-hydrogen) atoms. The molecule has 2 aliphatic rings. The summed E-state index contributed by atoms with van der Waals surface area (Å²) in [5, 5.41) is 3.65. The third-order valence-corrected chi connectivity index (χ3v) is 4.53. The number of rotatable bonds is 4. The number of ether oxygens (including phenoxy) is 3. The van der Waals surface area contributed by atoms with Crippen LogP contribution in [0.4, 0.5) is 0 Å². The highest BCUT2D eigenvalue weighted by Crippen LogP contribution is 2.32. The van der Waals surface area contributed by atoms with E-state index in [4.69, 9.17) is 14.2 Å². The standard InChI is InChI=1S/C19H22N2O3/c1-2-16(19(24-9-1)15-5-7-20-8-6-15)21-13-14-3-4-17-18(12-14)23-11-10-22-17/h3-8,12,16,19,21H,1-2,9-11,13H2/t16-,19+/m0/s1. The number of fused-ring (bicyclic) bond motifs is 1. The van der Waals surface area contributed by atoms with Crippen molar-refractivity contribution in [2.45, 2.75) is 31.5 Å². The zero-order valence-corrected chi connectivity index (χ0v) is 13.6. The molecule has 1 N–H and O–H groups in total. The fourth-order valence-electron chi connectivity index (χ4n) is 3.32. The number of pyridine rings is 1. The van der Waals surface area contributed by atoms with Crippen LogP contribution in [0.5, 0.6) is 11.5 Å². The number of benzene rings is 1. The Morgan fingerprint density at radius 3 is 2.71 bits per heavy atom. The second kappa shape index (κ2) is 7.20. The van der Waals surface area contributed by atoms with Gasteiger partial charge in [0.15, 0.2) is 11.5 Å². The van der Waals surface area contributed by atoms with Crippen LogP contribution in [0.15, 0.2) is 42.7 Å². The maximum absolute atomic E-state index is 6.02. The lowest BCUT2D eigenvalue weighted by atomic mass is 9.96. The van der Waals surface area contributed by atoms with Gasteiger partial charge < -0.3 is 19.5 Å². The summed E-state index contributed by atoms with van der Waals surface area (Å²) >= 11 is 0. The Labute approximate surface area is 142 Å². The average molecular weight is 326 g/mol. The maximum Gasteiger partial charge on any atom is 0.161 e. The van der Waals surface area contributed by atoms with E-state index in [0.717, 1.165) is 37.5 Å². The Morgan fingerprint density at radius 1 is 1.00 bits per heavy atom. The molecule has 126 valence electrons. The van der Waals surface area contributed by atoms with Crippen molar-refractivity contribution in [3.63, 3.8) is 0 Å². The van der Waals surface area contributed by atoms with E-state index in [1.165, 1.54) is 11.1 Å². The van der Waals surface area contributed by atoms with E-state index in [1.807, 2.05) is 30.6 Å². The molecule has 2 atom stereocenters. The second-order valence-corrected chi connectivity index (χ2v) is 6.18. The fourth-order valence-corrected chi connectivity index (χ4v) is 3.32. The number of hydrogen-bond acceptors (Lipinski definition) is 5. The van der Waals surface area contributed by atoms with Gasteiger partial charge in [-0.2, -0.15) is 0 Å². The summed E-state index contributed by atoms with van der Waals surface area (Å²) in [6, 6.07) is 10.5. The van der Waals surface area contributed by atoms with Gasteiger partial charge in [-0.1, -0.05) is 6.07 Å². The highest BCUT2D eigenvalue weighted by atomic mass is 16.6. The lowest BCUT2D eigenvalue weighted by molar-refractivity contribution is -0.0112. The van der Waals surface area contributed by atoms with E-state index in [-0.39, 0.29) is 6.10 Å². The van der Waals surface area contributed by atoms with Gasteiger partial charge in [-0.25, -0.2) is 0 Å². The molecule has 1 aromatic heterocycles. The molecule has 3 heterocycles. The molecule has 1 fully saturated rings. The van der Waals surface area contributed by atoms with E-state index >= 15 is 0 Å². The van der Waals surface area contributed by atoms with Crippen molar-refractivity contribution in [1.82, 2.24) is 10.3 Å². The van der Waals surface area contributed by atoms with E-state index in [9.17, 15) is 0 Å². The number of nitrogens with zero attached hydrogens (tertiary/aromatic N) is 1. The zero-order chi connectivity index (χ0) is 16.2. The fraction of sp³-hybridized carbons (Fsp3) is 0.421. The first kappa shape index (κ1) is 15.4. The molecule has 1 aromatic carbocycles. The van der Waals surface area contributed by atoms with Gasteiger partial charge in [0.25, 0.3) is 0 Å². The predicted molar refractivity (Wildman–Crippen MR) is 90.2 cm³/mol. The lowest BCUT2D eigenvalue weighted by Gasteiger charge is -2.33. The van der Waals surface area contributed by atoms with Crippen molar-refractivity contribution in [3.8, 4) is 11.5 Å². The molecule has 0 bridgehead atoms. The van der Waals surface area contributed by atoms with Gasteiger partial charge in [0, 0.05) is 31.6 Å². The number of hydrogen-bond donors (Lipinski definition) is 1. The topological polar surface area (TPSA) is 52.6 Å². The Morgan fingerprint density at radius 2 is 1.83 bits per heavy atom. The van der Waals surface area contributed by atoms with Gasteiger partial charge in [-0.15, -0.1) is 0 Å². The van der Waals surface area contributed by atoms with Gasteiger partial charge in [-0.05, 0) is 48.2 Å². The summed E-state index contributed by atoms with van der Waals surface area (Å²) < 4.78 is 17.3. The van der Waals surface area contributed by atoms with E-state index < -0.39 is 0 Å². The minimum Gasteiger partial charge on any atom is -0.486 e. The summed E-state index contributed by atoms with van der Waals surface area (Å²) in [4.78, 5) is 4.10. The summed E-state index contributed by atoms with van der Waals surface area (Å²) in [5.74, 6) is 1.67. The molecule has 0 aliphatic carbocycles. The Kier molecular flexibility index (Phi) is 4.62. The van der Waals surface area contributed by atoms with E-state index in [1.54, 1.807) is 0 Å². The Hall–Kier alpha value is -2.11. The normalized spacial score (nSPS) is 23.0. The zero-order valence-electron chi connectivity index (χ0n) is 13.6. The van der Waals surface area contributed by atoms with Gasteiger partial charge in [0.2, 0.25) is 0 Å². The van der Waals surface area contributed by atoms with Gasteiger partial charge in [0.05, 0.1) is 6.10 Å². The lowest BCUT2D eigenvalue weighted by Crippen LogP contribution is -2.39. The van der Waals surface area contributed by atoms with Gasteiger partial charge in [-0.3, -0.25) is 4.98 Å².